The molecular weight excluding hydrogens is 382 g/mol. The molecule has 2 rings (SSSR count). The Bertz CT molecular complexity index is 770. The SMILES string of the molecule is Cc1cc(=O)n(C)cc1NC(=O)C(C)(N)c1ccc(Br)cc1.Cl. The van der Waals surface area contributed by atoms with E-state index in [-0.39, 0.29) is 23.9 Å². The van der Waals surface area contributed by atoms with Crippen LogP contribution in [0.1, 0.15) is 18.1 Å². The van der Waals surface area contributed by atoms with Crippen molar-refractivity contribution in [1.29, 1.82) is 0 Å². The highest BCUT2D eigenvalue weighted by Crippen LogP contribution is 2.23. The van der Waals surface area contributed by atoms with E-state index in [4.69, 9.17) is 5.73 Å². The number of halogens is 2. The maximum absolute atomic E-state index is 12.5. The first-order valence-electron chi connectivity index (χ1n) is 6.75. The third kappa shape index (κ3) is 4.22. The number of hydrogen-bond donors (Lipinski definition) is 2. The number of carbonyl (C=O) groups excluding carboxylic acids is 1. The predicted molar refractivity (Wildman–Crippen MR) is 98.0 cm³/mol. The highest BCUT2D eigenvalue weighted by atomic mass is 79.9. The van der Waals surface area contributed by atoms with Crippen LogP contribution in [0.5, 0.6) is 0 Å². The second-order valence-electron chi connectivity index (χ2n) is 5.48. The van der Waals surface area contributed by atoms with Crippen LogP contribution < -0.4 is 16.6 Å². The molecule has 5 nitrogen and oxygen atoms in total. The lowest BCUT2D eigenvalue weighted by Gasteiger charge is -2.24. The summed E-state index contributed by atoms with van der Waals surface area (Å²) in [5, 5.41) is 2.80. The van der Waals surface area contributed by atoms with Gasteiger partial charge in [-0.1, -0.05) is 28.1 Å². The summed E-state index contributed by atoms with van der Waals surface area (Å²) in [6.45, 7) is 3.42. The smallest absolute Gasteiger partial charge is 0.250 e. The third-order valence-electron chi connectivity index (χ3n) is 3.60. The van der Waals surface area contributed by atoms with Crippen molar-refractivity contribution in [3.05, 3.63) is 62.5 Å². The fraction of sp³-hybridized carbons (Fsp3) is 0.250. The molecule has 1 amide bonds. The summed E-state index contributed by atoms with van der Waals surface area (Å²) in [6, 6.07) is 8.76. The molecule has 0 aliphatic heterocycles. The van der Waals surface area contributed by atoms with E-state index in [0.29, 0.717) is 16.8 Å². The fourth-order valence-corrected chi connectivity index (χ4v) is 2.30. The lowest BCUT2D eigenvalue weighted by atomic mass is 9.92. The van der Waals surface area contributed by atoms with Crippen molar-refractivity contribution >= 4 is 39.9 Å². The van der Waals surface area contributed by atoms with E-state index in [1.54, 1.807) is 39.2 Å². The van der Waals surface area contributed by atoms with Crippen LogP contribution in [-0.2, 0) is 17.4 Å². The lowest BCUT2D eigenvalue weighted by molar-refractivity contribution is -0.120. The van der Waals surface area contributed by atoms with E-state index >= 15 is 0 Å². The predicted octanol–water partition coefficient (Wildman–Crippen LogP) is 2.69. The summed E-state index contributed by atoms with van der Waals surface area (Å²) in [4.78, 5) is 24.1. The normalized spacial score (nSPS) is 12.9. The lowest BCUT2D eigenvalue weighted by Crippen LogP contribution is -2.45. The number of nitrogens with two attached hydrogens (primary N) is 1. The van der Waals surface area contributed by atoms with E-state index in [1.165, 1.54) is 10.6 Å². The zero-order valence-electron chi connectivity index (χ0n) is 13.1. The second-order valence-corrected chi connectivity index (χ2v) is 6.40. The topological polar surface area (TPSA) is 77.1 Å². The van der Waals surface area contributed by atoms with Gasteiger partial charge in [0.15, 0.2) is 0 Å². The summed E-state index contributed by atoms with van der Waals surface area (Å²) in [5.41, 5.74) is 6.87. The van der Waals surface area contributed by atoms with Gasteiger partial charge in [0.2, 0.25) is 5.91 Å². The van der Waals surface area contributed by atoms with Crippen molar-refractivity contribution < 1.29 is 4.79 Å². The number of benzene rings is 1. The van der Waals surface area contributed by atoms with Crippen LogP contribution in [0.25, 0.3) is 0 Å². The van der Waals surface area contributed by atoms with Crippen LogP contribution in [0.15, 0.2) is 45.8 Å². The number of aryl methyl sites for hydroxylation is 2. The molecule has 1 aromatic heterocycles. The summed E-state index contributed by atoms with van der Waals surface area (Å²) in [6.07, 6.45) is 1.59. The number of hydrogen-bond acceptors (Lipinski definition) is 3. The molecule has 1 heterocycles. The Labute approximate surface area is 149 Å². The number of carbonyl (C=O) groups is 1. The van der Waals surface area contributed by atoms with Gasteiger partial charge in [0.25, 0.3) is 5.56 Å². The molecule has 1 aromatic carbocycles. The molecule has 0 radical (unpaired) electrons. The molecule has 2 aromatic rings. The molecular formula is C16H19BrClN3O2. The Morgan fingerprint density at radius 1 is 1.30 bits per heavy atom. The number of nitrogens with one attached hydrogen (secondary N) is 1. The van der Waals surface area contributed by atoms with E-state index < -0.39 is 5.54 Å². The van der Waals surface area contributed by atoms with Crippen molar-refractivity contribution in [3.63, 3.8) is 0 Å². The van der Waals surface area contributed by atoms with Gasteiger partial charge in [-0.05, 0) is 37.1 Å². The highest BCUT2D eigenvalue weighted by Gasteiger charge is 2.30. The molecule has 0 spiro atoms. The molecule has 124 valence electrons. The van der Waals surface area contributed by atoms with Crippen LogP contribution in [0, 0.1) is 6.92 Å². The number of rotatable bonds is 3. The maximum Gasteiger partial charge on any atom is 0.250 e. The highest BCUT2D eigenvalue weighted by molar-refractivity contribution is 9.10. The Hall–Kier alpha value is -1.63. The minimum Gasteiger partial charge on any atom is -0.323 e. The van der Waals surface area contributed by atoms with Crippen LogP contribution in [0.4, 0.5) is 5.69 Å². The summed E-state index contributed by atoms with van der Waals surface area (Å²) < 4.78 is 2.33. The molecule has 1 unspecified atom stereocenters. The molecule has 3 N–H and O–H groups in total. The minimum atomic E-state index is -1.18. The fourth-order valence-electron chi connectivity index (χ4n) is 2.03. The molecule has 0 saturated carbocycles. The second kappa shape index (κ2) is 7.29. The standard InChI is InChI=1S/C16H18BrN3O2.ClH/c1-10-8-14(21)20(3)9-13(10)19-15(22)16(2,18)11-4-6-12(17)7-5-11;/h4-9H,18H2,1-3H3,(H,19,22);1H. The van der Waals surface area contributed by atoms with Crippen molar-refractivity contribution in [2.24, 2.45) is 12.8 Å². The third-order valence-corrected chi connectivity index (χ3v) is 4.13. The van der Waals surface area contributed by atoms with Crippen molar-refractivity contribution in [3.8, 4) is 0 Å². The molecule has 7 heteroatoms. The molecule has 0 aliphatic carbocycles. The van der Waals surface area contributed by atoms with Crippen molar-refractivity contribution in [2.75, 3.05) is 5.32 Å². The maximum atomic E-state index is 12.5. The van der Waals surface area contributed by atoms with Gasteiger partial charge < -0.3 is 15.6 Å². The van der Waals surface area contributed by atoms with Gasteiger partial charge in [-0.15, -0.1) is 12.4 Å². The molecule has 23 heavy (non-hydrogen) atoms. The quantitative estimate of drug-likeness (QED) is 0.831. The zero-order valence-corrected chi connectivity index (χ0v) is 15.5. The van der Waals surface area contributed by atoms with E-state index in [2.05, 4.69) is 21.2 Å². The van der Waals surface area contributed by atoms with Gasteiger partial charge in [0, 0.05) is 23.8 Å². The summed E-state index contributed by atoms with van der Waals surface area (Å²) in [7, 11) is 1.63. The molecule has 0 saturated heterocycles. The average molecular weight is 401 g/mol. The van der Waals surface area contributed by atoms with Gasteiger partial charge in [-0.3, -0.25) is 9.59 Å². The molecule has 0 fully saturated rings. The Balaban J connectivity index is 0.00000264. The Kier molecular flexibility index (Phi) is 6.16. The first kappa shape index (κ1) is 19.4. The average Bonchev–Trinajstić information content (AvgIpc) is 2.45. The molecule has 0 aliphatic rings. The molecule has 1 atom stereocenters. The van der Waals surface area contributed by atoms with E-state index in [0.717, 1.165) is 4.47 Å². The number of amides is 1. The Morgan fingerprint density at radius 3 is 2.43 bits per heavy atom. The van der Waals surface area contributed by atoms with Crippen LogP contribution in [0.3, 0.4) is 0 Å². The number of aromatic nitrogens is 1. The summed E-state index contributed by atoms with van der Waals surface area (Å²) in [5.74, 6) is -0.337. The number of pyridine rings is 1. The number of anilines is 1. The van der Waals surface area contributed by atoms with Gasteiger partial charge in [0.05, 0.1) is 5.69 Å². The van der Waals surface area contributed by atoms with Gasteiger partial charge in [0.1, 0.15) is 5.54 Å². The van der Waals surface area contributed by atoms with Crippen LogP contribution in [-0.4, -0.2) is 10.5 Å². The van der Waals surface area contributed by atoms with Gasteiger partial charge in [-0.2, -0.15) is 0 Å². The first-order chi connectivity index (χ1) is 10.2. The van der Waals surface area contributed by atoms with Crippen molar-refractivity contribution in [2.45, 2.75) is 19.4 Å². The largest absolute Gasteiger partial charge is 0.323 e. The molecule has 0 bridgehead atoms. The Morgan fingerprint density at radius 2 is 1.87 bits per heavy atom. The van der Waals surface area contributed by atoms with Gasteiger partial charge in [-0.25, -0.2) is 0 Å². The van der Waals surface area contributed by atoms with Crippen molar-refractivity contribution in [1.82, 2.24) is 4.57 Å². The monoisotopic (exact) mass is 399 g/mol. The van der Waals surface area contributed by atoms with Crippen LogP contribution >= 0.6 is 28.3 Å². The first-order valence-corrected chi connectivity index (χ1v) is 7.55. The summed E-state index contributed by atoms with van der Waals surface area (Å²) >= 11 is 3.35. The zero-order chi connectivity index (χ0) is 16.5. The van der Waals surface area contributed by atoms with E-state index in [9.17, 15) is 9.59 Å². The minimum absolute atomic E-state index is 0. The van der Waals surface area contributed by atoms with E-state index in [1.807, 2.05) is 12.1 Å². The van der Waals surface area contributed by atoms with Gasteiger partial charge >= 0.3 is 0 Å². The van der Waals surface area contributed by atoms with Crippen LogP contribution in [0.2, 0.25) is 0 Å². The number of nitrogens with zero attached hydrogens (tertiary/aromatic N) is 1.